The lowest BCUT2D eigenvalue weighted by Gasteiger charge is -2.09. The molecule has 0 saturated carbocycles. The van der Waals surface area contributed by atoms with E-state index in [0.717, 1.165) is 10.2 Å². The van der Waals surface area contributed by atoms with Crippen LogP contribution in [0.4, 0.5) is 0 Å². The smallest absolute Gasteiger partial charge is 0.133 e. The second-order valence-corrected chi connectivity index (χ2v) is 5.17. The maximum atomic E-state index is 5.66. The third kappa shape index (κ3) is 4.69. The zero-order valence-electron chi connectivity index (χ0n) is 10.9. The predicted octanol–water partition coefficient (Wildman–Crippen LogP) is 4.35. The van der Waals surface area contributed by atoms with Gasteiger partial charge in [-0.05, 0) is 46.1 Å². The number of hydrogen-bond donors (Lipinski definition) is 0. The van der Waals surface area contributed by atoms with Crippen molar-refractivity contribution in [3.05, 3.63) is 64.1 Å². The molecule has 2 nitrogen and oxygen atoms in total. The van der Waals surface area contributed by atoms with E-state index < -0.39 is 0 Å². The highest BCUT2D eigenvalue weighted by Crippen LogP contribution is 2.25. The topological polar surface area (TPSA) is 18.5 Å². The molecule has 0 aliphatic carbocycles. The van der Waals surface area contributed by atoms with Crippen LogP contribution in [0.5, 0.6) is 5.75 Å². The lowest BCUT2D eigenvalue weighted by atomic mass is 10.2. The quantitative estimate of drug-likeness (QED) is 0.736. The van der Waals surface area contributed by atoms with Crippen LogP contribution in [0.2, 0.25) is 0 Å². The zero-order valence-corrected chi connectivity index (χ0v) is 12.5. The minimum Gasteiger partial charge on any atom is -0.490 e. The summed E-state index contributed by atoms with van der Waals surface area (Å²) >= 11 is 3.49. The van der Waals surface area contributed by atoms with Crippen molar-refractivity contribution in [3.63, 3.8) is 0 Å². The summed E-state index contributed by atoms with van der Waals surface area (Å²) in [7, 11) is 0. The summed E-state index contributed by atoms with van der Waals surface area (Å²) in [5, 5.41) is 0. The molecule has 19 heavy (non-hydrogen) atoms. The summed E-state index contributed by atoms with van der Waals surface area (Å²) in [5.41, 5.74) is 2.39. The van der Waals surface area contributed by atoms with Crippen LogP contribution in [0.1, 0.15) is 11.1 Å². The van der Waals surface area contributed by atoms with E-state index in [0.29, 0.717) is 19.8 Å². The Morgan fingerprint density at radius 2 is 1.79 bits per heavy atom. The van der Waals surface area contributed by atoms with Crippen LogP contribution in [0.25, 0.3) is 0 Å². The SMILES string of the molecule is Cc1ccc(OCCOCc2ccccc2)c(Br)c1. The van der Waals surface area contributed by atoms with Gasteiger partial charge in [0.2, 0.25) is 0 Å². The van der Waals surface area contributed by atoms with Gasteiger partial charge in [-0.15, -0.1) is 0 Å². The van der Waals surface area contributed by atoms with Gasteiger partial charge >= 0.3 is 0 Å². The average molecular weight is 321 g/mol. The van der Waals surface area contributed by atoms with Crippen LogP contribution in [-0.2, 0) is 11.3 Å². The molecular weight excluding hydrogens is 304 g/mol. The van der Waals surface area contributed by atoms with Gasteiger partial charge < -0.3 is 9.47 Å². The second-order valence-electron chi connectivity index (χ2n) is 4.32. The van der Waals surface area contributed by atoms with Crippen molar-refractivity contribution in [3.8, 4) is 5.75 Å². The van der Waals surface area contributed by atoms with Crippen molar-refractivity contribution in [1.29, 1.82) is 0 Å². The summed E-state index contributed by atoms with van der Waals surface area (Å²) in [5.74, 6) is 0.855. The maximum Gasteiger partial charge on any atom is 0.133 e. The molecule has 0 amide bonds. The highest BCUT2D eigenvalue weighted by molar-refractivity contribution is 9.10. The van der Waals surface area contributed by atoms with Crippen molar-refractivity contribution in [2.45, 2.75) is 13.5 Å². The molecule has 0 atom stereocenters. The van der Waals surface area contributed by atoms with Crippen molar-refractivity contribution in [1.82, 2.24) is 0 Å². The molecular formula is C16H17BrO2. The molecule has 3 heteroatoms. The van der Waals surface area contributed by atoms with Gasteiger partial charge in [0.1, 0.15) is 12.4 Å². The fourth-order valence-corrected chi connectivity index (χ4v) is 2.31. The van der Waals surface area contributed by atoms with Crippen LogP contribution < -0.4 is 4.74 Å². The first kappa shape index (κ1) is 14.1. The van der Waals surface area contributed by atoms with Gasteiger partial charge in [-0.25, -0.2) is 0 Å². The fraction of sp³-hybridized carbons (Fsp3) is 0.250. The third-order valence-electron chi connectivity index (χ3n) is 2.68. The van der Waals surface area contributed by atoms with E-state index >= 15 is 0 Å². The number of aryl methyl sites for hydroxylation is 1. The highest BCUT2D eigenvalue weighted by atomic mass is 79.9. The fourth-order valence-electron chi connectivity index (χ4n) is 1.70. The molecule has 0 saturated heterocycles. The highest BCUT2D eigenvalue weighted by Gasteiger charge is 2.00. The monoisotopic (exact) mass is 320 g/mol. The van der Waals surface area contributed by atoms with Gasteiger partial charge in [0.25, 0.3) is 0 Å². The maximum absolute atomic E-state index is 5.66. The molecule has 0 fully saturated rings. The Morgan fingerprint density at radius 1 is 1.00 bits per heavy atom. The Balaban J connectivity index is 1.69. The minimum atomic E-state index is 0.550. The van der Waals surface area contributed by atoms with Gasteiger partial charge in [0, 0.05) is 0 Å². The van der Waals surface area contributed by atoms with Crippen LogP contribution in [0.15, 0.2) is 53.0 Å². The molecule has 0 aromatic heterocycles. The Morgan fingerprint density at radius 3 is 2.53 bits per heavy atom. The molecule has 0 heterocycles. The van der Waals surface area contributed by atoms with Gasteiger partial charge in [-0.3, -0.25) is 0 Å². The van der Waals surface area contributed by atoms with E-state index in [1.165, 1.54) is 11.1 Å². The molecule has 0 aliphatic rings. The normalized spacial score (nSPS) is 10.4. The van der Waals surface area contributed by atoms with Crippen molar-refractivity contribution >= 4 is 15.9 Å². The largest absolute Gasteiger partial charge is 0.490 e. The molecule has 0 N–H and O–H groups in total. The second kappa shape index (κ2) is 7.31. The van der Waals surface area contributed by atoms with Gasteiger partial charge in [0.15, 0.2) is 0 Å². The first-order chi connectivity index (χ1) is 9.25. The lowest BCUT2D eigenvalue weighted by Crippen LogP contribution is -2.07. The van der Waals surface area contributed by atoms with Crippen LogP contribution >= 0.6 is 15.9 Å². The Hall–Kier alpha value is -1.32. The van der Waals surface area contributed by atoms with Crippen LogP contribution in [-0.4, -0.2) is 13.2 Å². The van der Waals surface area contributed by atoms with Crippen molar-refractivity contribution in [2.75, 3.05) is 13.2 Å². The minimum absolute atomic E-state index is 0.550. The first-order valence-corrected chi connectivity index (χ1v) is 7.05. The Bertz CT molecular complexity index is 511. The Labute approximate surface area is 122 Å². The van der Waals surface area contributed by atoms with Crippen LogP contribution in [0, 0.1) is 6.92 Å². The molecule has 0 spiro atoms. The van der Waals surface area contributed by atoms with Gasteiger partial charge in [-0.2, -0.15) is 0 Å². The lowest BCUT2D eigenvalue weighted by molar-refractivity contribution is 0.0887. The van der Waals surface area contributed by atoms with E-state index in [-0.39, 0.29) is 0 Å². The van der Waals surface area contributed by atoms with E-state index in [9.17, 15) is 0 Å². The number of halogens is 1. The number of hydrogen-bond acceptors (Lipinski definition) is 2. The van der Waals surface area contributed by atoms with Gasteiger partial charge in [0.05, 0.1) is 17.7 Å². The molecule has 0 radical (unpaired) electrons. The standard InChI is InChI=1S/C16H17BrO2/c1-13-7-8-16(15(17)11-13)19-10-9-18-12-14-5-3-2-4-6-14/h2-8,11H,9-10,12H2,1H3. The summed E-state index contributed by atoms with van der Waals surface area (Å²) in [6.45, 7) is 3.81. The molecule has 0 bridgehead atoms. The number of rotatable bonds is 6. The molecule has 2 rings (SSSR count). The predicted molar refractivity (Wildman–Crippen MR) is 80.5 cm³/mol. The molecule has 2 aromatic carbocycles. The zero-order chi connectivity index (χ0) is 13.5. The summed E-state index contributed by atoms with van der Waals surface area (Å²) in [6, 6.07) is 16.2. The third-order valence-corrected chi connectivity index (χ3v) is 3.30. The first-order valence-electron chi connectivity index (χ1n) is 6.26. The summed E-state index contributed by atoms with van der Waals surface area (Å²) in [4.78, 5) is 0. The van der Waals surface area contributed by atoms with E-state index in [1.807, 2.05) is 36.4 Å². The number of ether oxygens (including phenoxy) is 2. The van der Waals surface area contributed by atoms with Crippen LogP contribution in [0.3, 0.4) is 0 Å². The summed E-state index contributed by atoms with van der Waals surface area (Å²) < 4.78 is 12.2. The average Bonchev–Trinajstić information content (AvgIpc) is 2.42. The number of benzene rings is 2. The van der Waals surface area contributed by atoms with Gasteiger partial charge in [-0.1, -0.05) is 36.4 Å². The molecule has 100 valence electrons. The molecule has 0 unspecified atom stereocenters. The molecule has 0 aliphatic heterocycles. The van der Waals surface area contributed by atoms with E-state index in [1.54, 1.807) is 0 Å². The van der Waals surface area contributed by atoms with Crippen molar-refractivity contribution in [2.24, 2.45) is 0 Å². The molecule has 2 aromatic rings. The van der Waals surface area contributed by atoms with E-state index in [2.05, 4.69) is 35.0 Å². The Kier molecular flexibility index (Phi) is 5.43. The van der Waals surface area contributed by atoms with E-state index in [4.69, 9.17) is 9.47 Å². The summed E-state index contributed by atoms with van der Waals surface area (Å²) in [6.07, 6.45) is 0. The van der Waals surface area contributed by atoms with Crippen molar-refractivity contribution < 1.29 is 9.47 Å².